The van der Waals surface area contributed by atoms with E-state index in [1.165, 1.54) is 13.5 Å². The van der Waals surface area contributed by atoms with Gasteiger partial charge in [-0.15, -0.1) is 0 Å². The molecule has 1 heterocycles. The third-order valence-electron chi connectivity index (χ3n) is 7.05. The SMILES string of the molecule is COc1cc(C(=O)OCC(=O)NCC2(N3CCOCC3)CCCCC2)ccc1OCc1ccccc1. The Morgan fingerprint density at radius 2 is 1.75 bits per heavy atom. The van der Waals surface area contributed by atoms with Crippen LogP contribution in [-0.2, 0) is 20.9 Å². The maximum Gasteiger partial charge on any atom is 0.338 e. The van der Waals surface area contributed by atoms with Gasteiger partial charge in [-0.05, 0) is 36.6 Å². The molecule has 36 heavy (non-hydrogen) atoms. The van der Waals surface area contributed by atoms with Crippen molar-refractivity contribution in [2.75, 3.05) is 46.6 Å². The van der Waals surface area contributed by atoms with E-state index in [4.69, 9.17) is 18.9 Å². The highest BCUT2D eigenvalue weighted by Crippen LogP contribution is 2.34. The number of hydrogen-bond donors (Lipinski definition) is 1. The van der Waals surface area contributed by atoms with E-state index in [9.17, 15) is 9.59 Å². The summed E-state index contributed by atoms with van der Waals surface area (Å²) < 4.78 is 22.1. The first-order valence-corrected chi connectivity index (χ1v) is 12.7. The molecule has 1 saturated carbocycles. The predicted octanol–water partition coefficient (Wildman–Crippen LogP) is 3.58. The van der Waals surface area contributed by atoms with Gasteiger partial charge in [0.15, 0.2) is 18.1 Å². The van der Waals surface area contributed by atoms with E-state index in [1.807, 2.05) is 30.3 Å². The largest absolute Gasteiger partial charge is 0.493 e. The Balaban J connectivity index is 1.28. The molecular formula is C28H36N2O6. The molecule has 1 aliphatic heterocycles. The third kappa shape index (κ3) is 6.77. The molecule has 2 aromatic carbocycles. The van der Waals surface area contributed by atoms with Crippen LogP contribution in [0.15, 0.2) is 48.5 Å². The zero-order valence-corrected chi connectivity index (χ0v) is 21.0. The molecule has 0 radical (unpaired) electrons. The van der Waals surface area contributed by atoms with E-state index in [0.29, 0.717) is 30.2 Å². The standard InChI is InChI=1S/C28H36N2O6/c1-33-25-18-23(10-11-24(25)35-19-22-8-4-2-5-9-22)27(32)36-20-26(31)29-21-28(12-6-3-7-13-28)30-14-16-34-17-15-30/h2,4-5,8-11,18H,3,6-7,12-17,19-21H2,1H3,(H,29,31). The minimum absolute atomic E-state index is 0.0371. The lowest BCUT2D eigenvalue weighted by molar-refractivity contribution is -0.125. The summed E-state index contributed by atoms with van der Waals surface area (Å²) in [4.78, 5) is 27.6. The summed E-state index contributed by atoms with van der Waals surface area (Å²) in [5.74, 6) is 0.0704. The van der Waals surface area contributed by atoms with Crippen molar-refractivity contribution in [1.82, 2.24) is 10.2 Å². The Hall–Kier alpha value is -3.10. The van der Waals surface area contributed by atoms with Crippen molar-refractivity contribution in [2.45, 2.75) is 44.2 Å². The van der Waals surface area contributed by atoms with Gasteiger partial charge >= 0.3 is 5.97 Å². The van der Waals surface area contributed by atoms with Crippen LogP contribution in [0.4, 0.5) is 0 Å². The van der Waals surface area contributed by atoms with E-state index in [-0.39, 0.29) is 18.1 Å². The van der Waals surface area contributed by atoms with Gasteiger partial charge in [0.1, 0.15) is 6.61 Å². The number of methoxy groups -OCH3 is 1. The van der Waals surface area contributed by atoms with Crippen LogP contribution in [0, 0.1) is 0 Å². The van der Waals surface area contributed by atoms with Crippen LogP contribution in [-0.4, -0.2) is 68.9 Å². The Labute approximate surface area is 212 Å². The molecule has 2 aromatic rings. The number of ether oxygens (including phenoxy) is 4. The first-order valence-electron chi connectivity index (χ1n) is 12.7. The summed E-state index contributed by atoms with van der Waals surface area (Å²) in [6, 6.07) is 14.6. The second-order valence-corrected chi connectivity index (χ2v) is 9.38. The zero-order valence-electron chi connectivity index (χ0n) is 21.0. The highest BCUT2D eigenvalue weighted by atomic mass is 16.5. The van der Waals surface area contributed by atoms with E-state index in [0.717, 1.165) is 57.6 Å². The maximum absolute atomic E-state index is 12.6. The van der Waals surface area contributed by atoms with Crippen LogP contribution >= 0.6 is 0 Å². The Morgan fingerprint density at radius 1 is 1.00 bits per heavy atom. The van der Waals surface area contributed by atoms with E-state index in [1.54, 1.807) is 18.2 Å². The van der Waals surface area contributed by atoms with Crippen molar-refractivity contribution in [2.24, 2.45) is 0 Å². The van der Waals surface area contributed by atoms with Gasteiger partial charge in [-0.2, -0.15) is 0 Å². The van der Waals surface area contributed by atoms with Gasteiger partial charge in [-0.3, -0.25) is 9.69 Å². The van der Waals surface area contributed by atoms with Crippen molar-refractivity contribution in [3.05, 3.63) is 59.7 Å². The van der Waals surface area contributed by atoms with Crippen LogP contribution in [0.3, 0.4) is 0 Å². The van der Waals surface area contributed by atoms with Crippen LogP contribution in [0.5, 0.6) is 11.5 Å². The molecule has 1 amide bonds. The summed E-state index contributed by atoms with van der Waals surface area (Å²) in [6.07, 6.45) is 5.68. The normalized spacial score (nSPS) is 17.7. The van der Waals surface area contributed by atoms with Crippen molar-refractivity contribution in [3.8, 4) is 11.5 Å². The Bertz CT molecular complexity index is 1000. The summed E-state index contributed by atoms with van der Waals surface area (Å²) in [7, 11) is 1.52. The summed E-state index contributed by atoms with van der Waals surface area (Å²) in [6.45, 7) is 3.85. The molecule has 0 spiro atoms. The number of amides is 1. The number of benzene rings is 2. The van der Waals surface area contributed by atoms with Crippen LogP contribution in [0.2, 0.25) is 0 Å². The molecule has 4 rings (SSSR count). The number of carbonyl (C=O) groups is 2. The number of morpholine rings is 1. The van der Waals surface area contributed by atoms with E-state index < -0.39 is 5.97 Å². The second-order valence-electron chi connectivity index (χ2n) is 9.38. The van der Waals surface area contributed by atoms with Gasteiger partial charge < -0.3 is 24.3 Å². The topological polar surface area (TPSA) is 86.3 Å². The minimum Gasteiger partial charge on any atom is -0.493 e. The lowest BCUT2D eigenvalue weighted by Gasteiger charge is -2.48. The fraction of sp³-hybridized carbons (Fsp3) is 0.500. The Kier molecular flexibility index (Phi) is 9.19. The van der Waals surface area contributed by atoms with Gasteiger partial charge in [0, 0.05) is 25.2 Å². The first-order chi connectivity index (χ1) is 17.6. The number of nitrogens with zero attached hydrogens (tertiary/aromatic N) is 1. The van der Waals surface area contributed by atoms with E-state index >= 15 is 0 Å². The van der Waals surface area contributed by atoms with Gasteiger partial charge in [0.2, 0.25) is 0 Å². The van der Waals surface area contributed by atoms with E-state index in [2.05, 4.69) is 10.2 Å². The number of nitrogens with one attached hydrogen (secondary N) is 1. The van der Waals surface area contributed by atoms with Gasteiger partial charge in [-0.1, -0.05) is 49.6 Å². The molecule has 2 aliphatic rings. The Morgan fingerprint density at radius 3 is 2.47 bits per heavy atom. The molecule has 1 N–H and O–H groups in total. The maximum atomic E-state index is 12.6. The number of rotatable bonds is 10. The molecular weight excluding hydrogens is 460 g/mol. The van der Waals surface area contributed by atoms with Crippen molar-refractivity contribution in [1.29, 1.82) is 0 Å². The number of carbonyl (C=O) groups excluding carboxylic acids is 2. The number of hydrogen-bond acceptors (Lipinski definition) is 7. The predicted molar refractivity (Wildman–Crippen MR) is 135 cm³/mol. The first kappa shape index (κ1) is 26.0. The zero-order chi connectivity index (χ0) is 25.2. The molecule has 8 heteroatoms. The van der Waals surface area contributed by atoms with Crippen molar-refractivity contribution in [3.63, 3.8) is 0 Å². The molecule has 1 aliphatic carbocycles. The molecule has 2 fully saturated rings. The second kappa shape index (κ2) is 12.7. The van der Waals surface area contributed by atoms with Crippen LogP contribution in [0.25, 0.3) is 0 Å². The van der Waals surface area contributed by atoms with Crippen molar-refractivity contribution >= 4 is 11.9 Å². The third-order valence-corrected chi connectivity index (χ3v) is 7.05. The van der Waals surface area contributed by atoms with Crippen LogP contribution in [0.1, 0.15) is 48.0 Å². The highest BCUT2D eigenvalue weighted by molar-refractivity contribution is 5.92. The van der Waals surface area contributed by atoms with Gasteiger partial charge in [-0.25, -0.2) is 4.79 Å². The molecule has 194 valence electrons. The average Bonchev–Trinajstić information content (AvgIpc) is 2.95. The molecule has 0 unspecified atom stereocenters. The fourth-order valence-corrected chi connectivity index (χ4v) is 5.03. The quantitative estimate of drug-likeness (QED) is 0.503. The molecule has 8 nitrogen and oxygen atoms in total. The lowest BCUT2D eigenvalue weighted by Crippen LogP contribution is -2.59. The average molecular weight is 497 g/mol. The lowest BCUT2D eigenvalue weighted by atomic mass is 9.79. The fourth-order valence-electron chi connectivity index (χ4n) is 5.03. The molecule has 0 bridgehead atoms. The molecule has 1 saturated heterocycles. The van der Waals surface area contributed by atoms with Gasteiger partial charge in [0.05, 0.1) is 25.9 Å². The van der Waals surface area contributed by atoms with Gasteiger partial charge in [0.25, 0.3) is 5.91 Å². The van der Waals surface area contributed by atoms with Crippen molar-refractivity contribution < 1.29 is 28.5 Å². The minimum atomic E-state index is -0.585. The summed E-state index contributed by atoms with van der Waals surface area (Å²) >= 11 is 0. The number of esters is 1. The molecule has 0 atom stereocenters. The summed E-state index contributed by atoms with van der Waals surface area (Å²) in [5.41, 5.74) is 1.28. The molecule has 0 aromatic heterocycles. The smallest absolute Gasteiger partial charge is 0.338 e. The monoisotopic (exact) mass is 496 g/mol. The summed E-state index contributed by atoms with van der Waals surface area (Å²) in [5, 5.41) is 3.02. The van der Waals surface area contributed by atoms with Crippen LogP contribution < -0.4 is 14.8 Å². The highest BCUT2D eigenvalue weighted by Gasteiger charge is 2.38.